The number of nitrogens with zero attached hydrogens (tertiary/aromatic N) is 2. The van der Waals surface area contributed by atoms with Crippen molar-refractivity contribution in [1.82, 2.24) is 9.97 Å². The molecule has 2 aromatic rings. The summed E-state index contributed by atoms with van der Waals surface area (Å²) in [4.78, 5) is 9.01. The Morgan fingerprint density at radius 3 is 2.50 bits per heavy atom. The number of aryl methyl sites for hydroxylation is 1. The van der Waals surface area contributed by atoms with Crippen LogP contribution in [0.5, 0.6) is 0 Å². The maximum absolute atomic E-state index is 6.21. The first kappa shape index (κ1) is 15.7. The molecule has 0 saturated carbocycles. The molecule has 0 bridgehead atoms. The van der Waals surface area contributed by atoms with Crippen LogP contribution in [0.15, 0.2) is 22.7 Å². The monoisotopic (exact) mass is 372 g/mol. The van der Waals surface area contributed by atoms with Gasteiger partial charge in [-0.1, -0.05) is 37.0 Å². The highest BCUT2D eigenvalue weighted by molar-refractivity contribution is 9.10. The second-order valence-corrected chi connectivity index (χ2v) is 6.74. The van der Waals surface area contributed by atoms with Gasteiger partial charge in [-0.05, 0) is 59.0 Å². The highest BCUT2D eigenvalue weighted by Gasteiger charge is 2.14. The summed E-state index contributed by atoms with van der Waals surface area (Å²) >= 11 is 15.7. The maximum Gasteiger partial charge on any atom is 0.161 e. The quantitative estimate of drug-likeness (QED) is 0.643. The standard InChI is InChI=1S/C15H15BrCl2N2/c1-8(2)6-12-13(16)14(18)20-15(19-12)11-5-4-10(17)7-9(11)3/h4-5,7-8H,6H2,1-3H3. The number of hydrogen-bond acceptors (Lipinski definition) is 2. The summed E-state index contributed by atoms with van der Waals surface area (Å²) in [6, 6.07) is 5.67. The SMILES string of the molecule is Cc1cc(Cl)ccc1-c1nc(Cl)c(Br)c(CC(C)C)n1. The predicted octanol–water partition coefficient (Wildman–Crippen LogP) is 5.72. The topological polar surface area (TPSA) is 25.8 Å². The molecule has 1 aromatic heterocycles. The van der Waals surface area contributed by atoms with Crippen molar-refractivity contribution in [3.8, 4) is 11.4 Å². The molecular formula is C15H15BrCl2N2. The van der Waals surface area contributed by atoms with Crippen molar-refractivity contribution in [2.75, 3.05) is 0 Å². The van der Waals surface area contributed by atoms with E-state index >= 15 is 0 Å². The van der Waals surface area contributed by atoms with Gasteiger partial charge in [0.05, 0.1) is 10.2 Å². The molecule has 0 spiro atoms. The van der Waals surface area contributed by atoms with Gasteiger partial charge in [0.15, 0.2) is 5.82 Å². The molecule has 5 heteroatoms. The third kappa shape index (κ3) is 3.51. The predicted molar refractivity (Wildman–Crippen MR) is 88.5 cm³/mol. The van der Waals surface area contributed by atoms with E-state index in [0.717, 1.165) is 27.7 Å². The molecule has 2 nitrogen and oxygen atoms in total. The molecule has 0 amide bonds. The van der Waals surface area contributed by atoms with E-state index in [1.165, 1.54) is 0 Å². The van der Waals surface area contributed by atoms with Crippen molar-refractivity contribution in [2.45, 2.75) is 27.2 Å². The molecule has 0 atom stereocenters. The molecule has 0 aliphatic heterocycles. The van der Waals surface area contributed by atoms with Crippen LogP contribution >= 0.6 is 39.1 Å². The molecule has 0 unspecified atom stereocenters. The van der Waals surface area contributed by atoms with E-state index in [9.17, 15) is 0 Å². The molecule has 0 radical (unpaired) electrons. The first-order valence-corrected chi connectivity index (χ1v) is 7.91. The fourth-order valence-corrected chi connectivity index (χ4v) is 2.74. The number of rotatable bonds is 3. The van der Waals surface area contributed by atoms with Gasteiger partial charge in [0, 0.05) is 10.6 Å². The van der Waals surface area contributed by atoms with Gasteiger partial charge in [-0.15, -0.1) is 0 Å². The summed E-state index contributed by atoms with van der Waals surface area (Å²) in [6.07, 6.45) is 0.850. The zero-order chi connectivity index (χ0) is 14.9. The normalized spacial score (nSPS) is 11.2. The minimum Gasteiger partial charge on any atom is -0.232 e. The average Bonchev–Trinajstić information content (AvgIpc) is 2.34. The van der Waals surface area contributed by atoms with Crippen molar-refractivity contribution >= 4 is 39.1 Å². The van der Waals surface area contributed by atoms with E-state index < -0.39 is 0 Å². The van der Waals surface area contributed by atoms with Crippen LogP contribution in [0.25, 0.3) is 11.4 Å². The van der Waals surface area contributed by atoms with E-state index in [1.54, 1.807) is 0 Å². The third-order valence-corrected chi connectivity index (χ3v) is 4.48. The smallest absolute Gasteiger partial charge is 0.161 e. The summed E-state index contributed by atoms with van der Waals surface area (Å²) in [5, 5.41) is 1.15. The zero-order valence-corrected chi connectivity index (χ0v) is 14.6. The first-order chi connectivity index (χ1) is 9.38. The lowest BCUT2D eigenvalue weighted by atomic mass is 10.1. The minimum absolute atomic E-state index is 0.444. The van der Waals surface area contributed by atoms with E-state index in [-0.39, 0.29) is 0 Å². The van der Waals surface area contributed by atoms with Crippen molar-refractivity contribution < 1.29 is 0 Å². The highest BCUT2D eigenvalue weighted by Crippen LogP contribution is 2.30. The van der Waals surface area contributed by atoms with Crippen molar-refractivity contribution in [2.24, 2.45) is 5.92 Å². The lowest BCUT2D eigenvalue weighted by molar-refractivity contribution is 0.632. The molecule has 1 heterocycles. The molecule has 0 aliphatic carbocycles. The van der Waals surface area contributed by atoms with Crippen LogP contribution in [-0.2, 0) is 6.42 Å². The van der Waals surface area contributed by atoms with Crippen LogP contribution in [-0.4, -0.2) is 9.97 Å². The fraction of sp³-hybridized carbons (Fsp3) is 0.333. The Bertz CT molecular complexity index is 642. The Hall–Kier alpha value is -0.640. The number of halogens is 3. The van der Waals surface area contributed by atoms with Gasteiger partial charge in [-0.25, -0.2) is 9.97 Å². The Labute approximate surface area is 137 Å². The van der Waals surface area contributed by atoms with Crippen LogP contribution < -0.4 is 0 Å². The number of hydrogen-bond donors (Lipinski definition) is 0. The Kier molecular flexibility index (Phi) is 5.05. The van der Waals surface area contributed by atoms with Gasteiger partial charge in [0.2, 0.25) is 0 Å². The summed E-state index contributed by atoms with van der Waals surface area (Å²) in [6.45, 7) is 6.29. The first-order valence-electron chi connectivity index (χ1n) is 6.37. The van der Waals surface area contributed by atoms with Crippen LogP contribution in [0.4, 0.5) is 0 Å². The van der Waals surface area contributed by atoms with E-state index in [1.807, 2.05) is 25.1 Å². The van der Waals surface area contributed by atoms with Gasteiger partial charge >= 0.3 is 0 Å². The average molecular weight is 374 g/mol. The van der Waals surface area contributed by atoms with Crippen LogP contribution in [0.2, 0.25) is 10.2 Å². The summed E-state index contributed by atoms with van der Waals surface area (Å²) in [5.41, 5.74) is 2.92. The van der Waals surface area contributed by atoms with E-state index in [0.29, 0.717) is 21.9 Å². The molecular weight excluding hydrogens is 359 g/mol. The van der Waals surface area contributed by atoms with Crippen molar-refractivity contribution in [1.29, 1.82) is 0 Å². The van der Waals surface area contributed by atoms with E-state index in [4.69, 9.17) is 23.2 Å². The van der Waals surface area contributed by atoms with E-state index in [2.05, 4.69) is 39.7 Å². The molecule has 0 N–H and O–H groups in total. The van der Waals surface area contributed by atoms with Gasteiger partial charge < -0.3 is 0 Å². The van der Waals surface area contributed by atoms with Gasteiger partial charge in [-0.3, -0.25) is 0 Å². The van der Waals surface area contributed by atoms with Gasteiger partial charge in [0.1, 0.15) is 5.15 Å². The molecule has 1 aromatic carbocycles. The molecule has 0 aliphatic rings. The Morgan fingerprint density at radius 2 is 1.90 bits per heavy atom. The van der Waals surface area contributed by atoms with Gasteiger partial charge in [0.25, 0.3) is 0 Å². The highest BCUT2D eigenvalue weighted by atomic mass is 79.9. The lowest BCUT2D eigenvalue weighted by Crippen LogP contribution is -2.03. The Morgan fingerprint density at radius 1 is 1.20 bits per heavy atom. The second kappa shape index (κ2) is 6.42. The number of aromatic nitrogens is 2. The van der Waals surface area contributed by atoms with Gasteiger partial charge in [-0.2, -0.15) is 0 Å². The van der Waals surface area contributed by atoms with Crippen molar-refractivity contribution in [3.63, 3.8) is 0 Å². The molecule has 20 heavy (non-hydrogen) atoms. The van der Waals surface area contributed by atoms with Crippen LogP contribution in [0, 0.1) is 12.8 Å². The lowest BCUT2D eigenvalue weighted by Gasteiger charge is -2.11. The molecule has 0 fully saturated rings. The molecule has 2 rings (SSSR count). The van der Waals surface area contributed by atoms with Crippen LogP contribution in [0.3, 0.4) is 0 Å². The zero-order valence-electron chi connectivity index (χ0n) is 11.5. The fourth-order valence-electron chi connectivity index (χ4n) is 1.98. The van der Waals surface area contributed by atoms with Crippen LogP contribution in [0.1, 0.15) is 25.1 Å². The molecule has 106 valence electrons. The summed E-state index contributed by atoms with van der Waals surface area (Å²) in [7, 11) is 0. The minimum atomic E-state index is 0.444. The number of benzene rings is 1. The summed E-state index contributed by atoms with van der Waals surface area (Å²) < 4.78 is 0.781. The Balaban J connectivity index is 2.54. The third-order valence-electron chi connectivity index (χ3n) is 2.91. The van der Waals surface area contributed by atoms with Crippen molar-refractivity contribution in [3.05, 3.63) is 44.1 Å². The molecule has 0 saturated heterocycles. The largest absolute Gasteiger partial charge is 0.232 e. The maximum atomic E-state index is 6.21. The summed E-state index contributed by atoms with van der Waals surface area (Å²) in [5.74, 6) is 1.14. The second-order valence-electron chi connectivity index (χ2n) is 5.16.